The van der Waals surface area contributed by atoms with Crippen molar-refractivity contribution in [3.05, 3.63) is 27.5 Å². The highest BCUT2D eigenvalue weighted by Gasteiger charge is 2.14. The minimum Gasteiger partial charge on any atom is -0.476 e. The molecule has 64 valence electrons. The first-order chi connectivity index (χ1) is 5.54. The zero-order chi connectivity index (χ0) is 9.30. The third-order valence-electron chi connectivity index (χ3n) is 1.34. The molecular formula is C7H5Cl2NO2. The molecule has 0 aromatic carbocycles. The van der Waals surface area contributed by atoms with Gasteiger partial charge in [0.1, 0.15) is 0 Å². The maximum atomic E-state index is 10.5. The van der Waals surface area contributed by atoms with Gasteiger partial charge in [0.05, 0.1) is 10.0 Å². The number of aromatic carboxylic acids is 1. The van der Waals surface area contributed by atoms with E-state index in [1.54, 1.807) is 6.92 Å². The van der Waals surface area contributed by atoms with Gasteiger partial charge in [-0.3, -0.25) is 0 Å². The standard InChI is InChI=1S/C7H5Cl2NO2/c1-3-2-10-6(7(11)12)5(9)4(3)8/h2H,1H3,(H,11,12). The molecule has 0 aliphatic carbocycles. The Labute approximate surface area is 78.9 Å². The fourth-order valence-corrected chi connectivity index (χ4v) is 1.12. The largest absolute Gasteiger partial charge is 0.476 e. The van der Waals surface area contributed by atoms with Crippen LogP contribution < -0.4 is 0 Å². The topological polar surface area (TPSA) is 50.2 Å². The maximum absolute atomic E-state index is 10.5. The first kappa shape index (κ1) is 9.29. The van der Waals surface area contributed by atoms with Crippen molar-refractivity contribution in [2.75, 3.05) is 0 Å². The molecule has 1 aromatic heterocycles. The van der Waals surface area contributed by atoms with Gasteiger partial charge in [0, 0.05) is 6.20 Å². The molecule has 0 saturated carbocycles. The summed E-state index contributed by atoms with van der Waals surface area (Å²) in [4.78, 5) is 14.1. The van der Waals surface area contributed by atoms with Crippen LogP contribution in [0.3, 0.4) is 0 Å². The summed E-state index contributed by atoms with van der Waals surface area (Å²) in [5, 5.41) is 8.81. The number of carboxylic acid groups (broad SMARTS) is 1. The number of carboxylic acids is 1. The van der Waals surface area contributed by atoms with Gasteiger partial charge in [0.2, 0.25) is 0 Å². The van der Waals surface area contributed by atoms with Crippen LogP contribution >= 0.6 is 23.2 Å². The van der Waals surface area contributed by atoms with Crippen LogP contribution in [0.15, 0.2) is 6.20 Å². The van der Waals surface area contributed by atoms with Gasteiger partial charge < -0.3 is 5.11 Å². The second-order valence-corrected chi connectivity index (χ2v) is 2.98. The van der Waals surface area contributed by atoms with E-state index in [0.717, 1.165) is 0 Å². The van der Waals surface area contributed by atoms with E-state index < -0.39 is 5.97 Å². The molecular weight excluding hydrogens is 201 g/mol. The fraction of sp³-hybridized carbons (Fsp3) is 0.143. The Hall–Kier alpha value is -0.800. The highest BCUT2D eigenvalue weighted by Crippen LogP contribution is 2.27. The Morgan fingerprint density at radius 1 is 1.50 bits per heavy atom. The number of hydrogen-bond donors (Lipinski definition) is 1. The fourth-order valence-electron chi connectivity index (χ4n) is 0.701. The molecule has 0 saturated heterocycles. The first-order valence-corrected chi connectivity index (χ1v) is 3.83. The van der Waals surface area contributed by atoms with E-state index in [4.69, 9.17) is 28.3 Å². The lowest BCUT2D eigenvalue weighted by Gasteiger charge is -2.01. The highest BCUT2D eigenvalue weighted by molar-refractivity contribution is 6.43. The van der Waals surface area contributed by atoms with Crippen molar-refractivity contribution < 1.29 is 9.90 Å². The lowest BCUT2D eigenvalue weighted by atomic mass is 10.3. The number of aryl methyl sites for hydroxylation is 1. The minimum atomic E-state index is -1.18. The van der Waals surface area contributed by atoms with E-state index >= 15 is 0 Å². The molecule has 1 heterocycles. The Balaban J connectivity index is 3.36. The third-order valence-corrected chi connectivity index (χ3v) is 2.29. The molecule has 3 nitrogen and oxygen atoms in total. The van der Waals surface area contributed by atoms with Gasteiger partial charge in [0.15, 0.2) is 5.69 Å². The van der Waals surface area contributed by atoms with E-state index in [-0.39, 0.29) is 15.7 Å². The molecule has 0 unspecified atom stereocenters. The SMILES string of the molecule is Cc1cnc(C(=O)O)c(Cl)c1Cl. The van der Waals surface area contributed by atoms with Crippen LogP contribution in [0, 0.1) is 6.92 Å². The van der Waals surface area contributed by atoms with Crippen LogP contribution in [0.25, 0.3) is 0 Å². The molecule has 1 rings (SSSR count). The summed E-state index contributed by atoms with van der Waals surface area (Å²) in [5.74, 6) is -1.18. The number of hydrogen-bond acceptors (Lipinski definition) is 2. The Kier molecular flexibility index (Phi) is 2.55. The quantitative estimate of drug-likeness (QED) is 0.767. The van der Waals surface area contributed by atoms with Gasteiger partial charge in [0.25, 0.3) is 0 Å². The number of halogens is 2. The van der Waals surface area contributed by atoms with Gasteiger partial charge in [-0.15, -0.1) is 0 Å². The molecule has 0 bridgehead atoms. The van der Waals surface area contributed by atoms with Crippen molar-refractivity contribution in [3.63, 3.8) is 0 Å². The molecule has 0 radical (unpaired) electrons. The van der Waals surface area contributed by atoms with Crippen LogP contribution in [0.5, 0.6) is 0 Å². The normalized spacial score (nSPS) is 9.92. The molecule has 5 heteroatoms. The molecule has 0 aliphatic rings. The second kappa shape index (κ2) is 3.29. The third kappa shape index (κ3) is 1.52. The number of pyridine rings is 1. The Morgan fingerprint density at radius 2 is 2.08 bits per heavy atom. The second-order valence-electron chi connectivity index (χ2n) is 2.22. The smallest absolute Gasteiger partial charge is 0.356 e. The van der Waals surface area contributed by atoms with E-state index in [9.17, 15) is 4.79 Å². The van der Waals surface area contributed by atoms with Crippen LogP contribution in [-0.2, 0) is 0 Å². The zero-order valence-electron chi connectivity index (χ0n) is 6.14. The van der Waals surface area contributed by atoms with E-state index in [1.807, 2.05) is 0 Å². The number of rotatable bonds is 1. The van der Waals surface area contributed by atoms with Gasteiger partial charge in [-0.1, -0.05) is 23.2 Å². The minimum absolute atomic E-state index is 0.0100. The van der Waals surface area contributed by atoms with Crippen molar-refractivity contribution >= 4 is 29.2 Å². The molecule has 0 atom stereocenters. The van der Waals surface area contributed by atoms with Gasteiger partial charge in [-0.2, -0.15) is 0 Å². The lowest BCUT2D eigenvalue weighted by molar-refractivity contribution is 0.0690. The summed E-state index contributed by atoms with van der Waals surface area (Å²) in [6, 6.07) is 0. The zero-order valence-corrected chi connectivity index (χ0v) is 7.65. The summed E-state index contributed by atoms with van der Waals surface area (Å²) in [6.45, 7) is 1.70. The average molecular weight is 206 g/mol. The van der Waals surface area contributed by atoms with Gasteiger partial charge >= 0.3 is 5.97 Å². The highest BCUT2D eigenvalue weighted by atomic mass is 35.5. The molecule has 0 spiro atoms. The monoisotopic (exact) mass is 205 g/mol. The van der Waals surface area contributed by atoms with Crippen LogP contribution in [0.1, 0.15) is 16.1 Å². The number of nitrogens with zero attached hydrogens (tertiary/aromatic N) is 1. The predicted molar refractivity (Wildman–Crippen MR) is 46.0 cm³/mol. The summed E-state index contributed by atoms with van der Waals surface area (Å²) in [5.41, 5.74) is 0.443. The van der Waals surface area contributed by atoms with Crippen molar-refractivity contribution in [1.82, 2.24) is 4.98 Å². The number of aromatic nitrogens is 1. The van der Waals surface area contributed by atoms with Gasteiger partial charge in [-0.25, -0.2) is 9.78 Å². The number of carbonyl (C=O) groups is 1. The van der Waals surface area contributed by atoms with Crippen LogP contribution in [0.2, 0.25) is 10.0 Å². The van der Waals surface area contributed by atoms with Gasteiger partial charge in [-0.05, 0) is 12.5 Å². The Bertz CT molecular complexity index is 338. The van der Waals surface area contributed by atoms with Crippen molar-refractivity contribution in [1.29, 1.82) is 0 Å². The summed E-state index contributed by atoms with van der Waals surface area (Å²) in [7, 11) is 0. The lowest BCUT2D eigenvalue weighted by Crippen LogP contribution is -2.01. The maximum Gasteiger partial charge on any atom is 0.356 e. The van der Waals surface area contributed by atoms with Crippen molar-refractivity contribution in [3.8, 4) is 0 Å². The van der Waals surface area contributed by atoms with Crippen molar-refractivity contribution in [2.24, 2.45) is 0 Å². The van der Waals surface area contributed by atoms with Crippen molar-refractivity contribution in [2.45, 2.75) is 6.92 Å². The molecule has 1 N–H and O–H groups in total. The Morgan fingerprint density at radius 3 is 2.58 bits per heavy atom. The summed E-state index contributed by atoms with van der Waals surface area (Å²) < 4.78 is 0. The first-order valence-electron chi connectivity index (χ1n) is 3.08. The molecule has 1 aromatic rings. The van der Waals surface area contributed by atoms with Crippen LogP contribution in [-0.4, -0.2) is 16.1 Å². The van der Waals surface area contributed by atoms with E-state index in [1.165, 1.54) is 6.20 Å². The predicted octanol–water partition coefficient (Wildman–Crippen LogP) is 2.40. The van der Waals surface area contributed by atoms with Crippen LogP contribution in [0.4, 0.5) is 0 Å². The molecule has 0 fully saturated rings. The molecule has 0 aliphatic heterocycles. The summed E-state index contributed by atoms with van der Waals surface area (Å²) in [6.07, 6.45) is 1.37. The summed E-state index contributed by atoms with van der Waals surface area (Å²) >= 11 is 11.3. The molecule has 0 amide bonds. The molecule has 12 heavy (non-hydrogen) atoms. The van der Waals surface area contributed by atoms with E-state index in [0.29, 0.717) is 5.56 Å². The average Bonchev–Trinajstić information content (AvgIpc) is 2.00. The van der Waals surface area contributed by atoms with E-state index in [2.05, 4.69) is 4.98 Å².